The average Bonchev–Trinajstić information content (AvgIpc) is 3.56. The number of carbonyl (C=O) groups is 1. The minimum Gasteiger partial charge on any atom is -0.497 e. The van der Waals surface area contributed by atoms with Crippen molar-refractivity contribution in [1.82, 2.24) is 25.1 Å². The Morgan fingerprint density at radius 3 is 2.63 bits per heavy atom. The normalized spacial score (nSPS) is 11.9. The van der Waals surface area contributed by atoms with E-state index in [1.807, 2.05) is 72.9 Å². The number of hydrogen-bond donors (Lipinski definition) is 2. The maximum atomic E-state index is 12.7. The van der Waals surface area contributed by atoms with Crippen LogP contribution >= 0.6 is 11.8 Å². The number of rotatable bonds is 9. The lowest BCUT2D eigenvalue weighted by atomic mass is 9.91. The van der Waals surface area contributed by atoms with E-state index in [-0.39, 0.29) is 17.6 Å². The van der Waals surface area contributed by atoms with Crippen LogP contribution in [0, 0.1) is 0 Å². The van der Waals surface area contributed by atoms with Crippen LogP contribution in [-0.4, -0.2) is 45.1 Å². The highest BCUT2D eigenvalue weighted by molar-refractivity contribution is 7.99. The second-order valence-electron chi connectivity index (χ2n) is 8.02. The molecule has 5 rings (SSSR count). The smallest absolute Gasteiger partial charge is 0.230 e. The van der Waals surface area contributed by atoms with Crippen LogP contribution in [0.25, 0.3) is 16.6 Å². The Hall–Kier alpha value is -4.04. The second kappa shape index (κ2) is 10.5. The Kier molecular flexibility index (Phi) is 6.81. The van der Waals surface area contributed by atoms with Gasteiger partial charge >= 0.3 is 0 Å². The van der Waals surface area contributed by atoms with Crippen LogP contribution in [0.15, 0.2) is 96.5 Å². The summed E-state index contributed by atoms with van der Waals surface area (Å²) >= 11 is 1.32. The summed E-state index contributed by atoms with van der Waals surface area (Å²) in [5.74, 6) is 0.960. The molecule has 0 spiro atoms. The molecule has 0 saturated carbocycles. The van der Waals surface area contributed by atoms with Crippen molar-refractivity contribution in [2.45, 2.75) is 11.1 Å². The van der Waals surface area contributed by atoms with Gasteiger partial charge in [-0.1, -0.05) is 60.3 Å². The fourth-order valence-corrected chi connectivity index (χ4v) is 4.67. The third-order valence-electron chi connectivity index (χ3n) is 5.84. The molecule has 7 nitrogen and oxygen atoms in total. The summed E-state index contributed by atoms with van der Waals surface area (Å²) in [5.41, 5.74) is 4.24. The first-order valence-electron chi connectivity index (χ1n) is 11.3. The van der Waals surface area contributed by atoms with Gasteiger partial charge in [-0.3, -0.25) is 4.79 Å². The third-order valence-corrected chi connectivity index (χ3v) is 6.69. The molecule has 0 saturated heterocycles. The van der Waals surface area contributed by atoms with Crippen molar-refractivity contribution < 1.29 is 9.53 Å². The van der Waals surface area contributed by atoms with Crippen LogP contribution in [0.1, 0.15) is 17.0 Å². The number of fused-ring (bicyclic) bond motifs is 1. The Balaban J connectivity index is 1.27. The van der Waals surface area contributed by atoms with Gasteiger partial charge in [-0.2, -0.15) is 0 Å². The quantitative estimate of drug-likeness (QED) is 0.294. The number of H-pyrrole nitrogens is 1. The number of para-hydroxylation sites is 2. The molecule has 2 heterocycles. The van der Waals surface area contributed by atoms with Crippen molar-refractivity contribution in [3.05, 3.63) is 103 Å². The molecule has 35 heavy (non-hydrogen) atoms. The van der Waals surface area contributed by atoms with Crippen molar-refractivity contribution in [3.8, 4) is 11.4 Å². The van der Waals surface area contributed by atoms with E-state index in [4.69, 9.17) is 4.74 Å². The van der Waals surface area contributed by atoms with Crippen LogP contribution in [0.3, 0.4) is 0 Å². The molecular weight excluding hydrogens is 458 g/mol. The standard InChI is InChI=1S/C27H25N5O2S/c1-34-21-13-11-19(12-14-21)23(24-16-28-25-10-6-5-9-22(24)25)15-29-26(33)17-35-27-30-18-32(31-27)20-7-3-2-4-8-20/h2-14,16,18,23,28H,15,17H2,1H3,(H,29,33). The van der Waals surface area contributed by atoms with Gasteiger partial charge in [0.2, 0.25) is 11.1 Å². The molecule has 1 atom stereocenters. The van der Waals surface area contributed by atoms with Gasteiger partial charge in [0, 0.05) is 29.6 Å². The van der Waals surface area contributed by atoms with Crippen molar-refractivity contribution >= 4 is 28.6 Å². The first-order valence-corrected chi connectivity index (χ1v) is 12.3. The van der Waals surface area contributed by atoms with Crippen LogP contribution in [0.4, 0.5) is 0 Å². The molecule has 2 N–H and O–H groups in total. The summed E-state index contributed by atoms with van der Waals surface area (Å²) in [5, 5.41) is 9.27. The van der Waals surface area contributed by atoms with Crippen molar-refractivity contribution in [3.63, 3.8) is 0 Å². The van der Waals surface area contributed by atoms with Gasteiger partial charge in [0.1, 0.15) is 12.1 Å². The molecule has 8 heteroatoms. The number of nitrogens with one attached hydrogen (secondary N) is 2. The topological polar surface area (TPSA) is 84.8 Å². The van der Waals surface area contributed by atoms with Gasteiger partial charge < -0.3 is 15.0 Å². The van der Waals surface area contributed by atoms with Gasteiger partial charge in [0.25, 0.3) is 0 Å². The lowest BCUT2D eigenvalue weighted by Gasteiger charge is -2.18. The molecule has 5 aromatic rings. The summed E-state index contributed by atoms with van der Waals surface area (Å²) in [6.45, 7) is 0.472. The highest BCUT2D eigenvalue weighted by atomic mass is 32.2. The minimum atomic E-state index is -0.0654. The first kappa shape index (κ1) is 22.7. The Morgan fingerprint density at radius 2 is 1.83 bits per heavy atom. The highest BCUT2D eigenvalue weighted by Gasteiger charge is 2.19. The zero-order chi connectivity index (χ0) is 24.0. The van der Waals surface area contributed by atoms with E-state index in [1.165, 1.54) is 11.8 Å². The molecule has 3 aromatic carbocycles. The molecule has 0 fully saturated rings. The molecule has 176 valence electrons. The number of carbonyl (C=O) groups excluding carboxylic acids is 1. The third kappa shape index (κ3) is 5.22. The van der Waals surface area contributed by atoms with E-state index in [1.54, 1.807) is 18.1 Å². The molecule has 1 amide bonds. The first-order chi connectivity index (χ1) is 17.2. The number of aromatic amines is 1. The second-order valence-corrected chi connectivity index (χ2v) is 8.96. The largest absolute Gasteiger partial charge is 0.497 e. The Labute approximate surface area is 207 Å². The van der Waals surface area contributed by atoms with E-state index < -0.39 is 0 Å². The SMILES string of the molecule is COc1ccc(C(CNC(=O)CSc2ncn(-c3ccccc3)n2)c2c[nH]c3ccccc23)cc1. The predicted octanol–water partition coefficient (Wildman–Crippen LogP) is 4.80. The van der Waals surface area contributed by atoms with Crippen LogP contribution in [-0.2, 0) is 4.79 Å². The highest BCUT2D eigenvalue weighted by Crippen LogP contribution is 2.31. The predicted molar refractivity (Wildman–Crippen MR) is 138 cm³/mol. The fraction of sp³-hybridized carbons (Fsp3) is 0.148. The molecule has 0 bridgehead atoms. The number of thioether (sulfide) groups is 1. The maximum Gasteiger partial charge on any atom is 0.230 e. The van der Waals surface area contributed by atoms with Gasteiger partial charge in [0.15, 0.2) is 0 Å². The fourth-order valence-electron chi connectivity index (χ4n) is 4.04. The van der Waals surface area contributed by atoms with E-state index in [0.29, 0.717) is 11.7 Å². The molecular formula is C27H25N5O2S. The Morgan fingerprint density at radius 1 is 1.06 bits per heavy atom. The van der Waals surface area contributed by atoms with Crippen molar-refractivity contribution in [2.75, 3.05) is 19.4 Å². The summed E-state index contributed by atoms with van der Waals surface area (Å²) < 4.78 is 7.03. The summed E-state index contributed by atoms with van der Waals surface area (Å²) in [6.07, 6.45) is 3.69. The zero-order valence-corrected chi connectivity index (χ0v) is 20.0. The van der Waals surface area contributed by atoms with Crippen molar-refractivity contribution in [2.24, 2.45) is 0 Å². The zero-order valence-electron chi connectivity index (χ0n) is 19.2. The molecule has 0 aliphatic heterocycles. The molecule has 0 radical (unpaired) electrons. The summed E-state index contributed by atoms with van der Waals surface area (Å²) in [7, 11) is 1.65. The van der Waals surface area contributed by atoms with E-state index in [2.05, 4.69) is 32.5 Å². The minimum absolute atomic E-state index is 0.0126. The molecule has 2 aromatic heterocycles. The van der Waals surface area contributed by atoms with Crippen molar-refractivity contribution in [1.29, 1.82) is 0 Å². The number of benzene rings is 3. The number of hydrogen-bond acceptors (Lipinski definition) is 5. The van der Waals surface area contributed by atoms with Crippen LogP contribution in [0.2, 0.25) is 0 Å². The Bertz CT molecular complexity index is 1410. The van der Waals surface area contributed by atoms with Crippen LogP contribution < -0.4 is 10.1 Å². The average molecular weight is 484 g/mol. The van der Waals surface area contributed by atoms with Gasteiger partial charge in [-0.15, -0.1) is 5.10 Å². The summed E-state index contributed by atoms with van der Waals surface area (Å²) in [6, 6.07) is 26.0. The molecule has 1 unspecified atom stereocenters. The molecule has 0 aliphatic carbocycles. The van der Waals surface area contributed by atoms with Gasteiger partial charge in [-0.25, -0.2) is 9.67 Å². The number of methoxy groups -OCH3 is 1. The van der Waals surface area contributed by atoms with Gasteiger partial charge in [-0.05, 0) is 41.5 Å². The maximum absolute atomic E-state index is 12.7. The number of nitrogens with zero attached hydrogens (tertiary/aromatic N) is 3. The summed E-state index contributed by atoms with van der Waals surface area (Å²) in [4.78, 5) is 20.4. The number of aromatic nitrogens is 4. The number of amides is 1. The lowest BCUT2D eigenvalue weighted by molar-refractivity contribution is -0.118. The van der Waals surface area contributed by atoms with E-state index >= 15 is 0 Å². The lowest BCUT2D eigenvalue weighted by Crippen LogP contribution is -2.30. The van der Waals surface area contributed by atoms with E-state index in [9.17, 15) is 4.79 Å². The number of ether oxygens (including phenoxy) is 1. The van der Waals surface area contributed by atoms with Crippen LogP contribution in [0.5, 0.6) is 5.75 Å². The van der Waals surface area contributed by atoms with Gasteiger partial charge in [0.05, 0.1) is 18.6 Å². The monoisotopic (exact) mass is 483 g/mol. The van der Waals surface area contributed by atoms with E-state index in [0.717, 1.165) is 33.5 Å². The molecule has 0 aliphatic rings.